The van der Waals surface area contributed by atoms with Crippen LogP contribution in [0.2, 0.25) is 5.02 Å². The zero-order valence-corrected chi connectivity index (χ0v) is 27.1. The minimum Gasteiger partial charge on any atom is -0.493 e. The molecule has 226 valence electrons. The lowest BCUT2D eigenvalue weighted by Crippen LogP contribution is -2.20. The number of benzene rings is 4. The van der Waals surface area contributed by atoms with Crippen LogP contribution in [0.4, 0.5) is 10.1 Å². The normalized spacial score (nSPS) is 11.4. The lowest BCUT2D eigenvalue weighted by Gasteiger charge is -2.15. The summed E-state index contributed by atoms with van der Waals surface area (Å²) in [6, 6.07) is 20.9. The van der Waals surface area contributed by atoms with Gasteiger partial charge in [-0.25, -0.2) is 9.37 Å². The van der Waals surface area contributed by atoms with Gasteiger partial charge in [-0.15, -0.1) is 0 Å². The summed E-state index contributed by atoms with van der Waals surface area (Å²) in [7, 11) is 1.45. The van der Waals surface area contributed by atoms with Crippen molar-refractivity contribution < 1.29 is 23.1 Å². The van der Waals surface area contributed by atoms with E-state index in [-0.39, 0.29) is 18.2 Å². The molecule has 0 saturated heterocycles. The van der Waals surface area contributed by atoms with Crippen LogP contribution >= 0.6 is 43.5 Å². The summed E-state index contributed by atoms with van der Waals surface area (Å²) >= 11 is 13.2. The Bertz CT molecular complexity index is 2180. The van der Waals surface area contributed by atoms with Crippen molar-refractivity contribution in [1.82, 2.24) is 9.66 Å². The third-order valence-corrected chi connectivity index (χ3v) is 8.99. The van der Waals surface area contributed by atoms with Gasteiger partial charge in [-0.1, -0.05) is 23.7 Å². The van der Waals surface area contributed by atoms with E-state index in [1.54, 1.807) is 54.6 Å². The van der Waals surface area contributed by atoms with E-state index in [1.165, 1.54) is 42.3 Å². The molecule has 0 fully saturated rings. The van der Waals surface area contributed by atoms with Gasteiger partial charge >= 0.3 is 0 Å². The average Bonchev–Trinajstić information content (AvgIpc) is 3.46. The first kappa shape index (κ1) is 30.5. The number of rotatable bonds is 8. The number of para-hydroxylation sites is 1. The Labute approximate surface area is 276 Å². The number of furan rings is 1. The maximum atomic E-state index is 13.7. The molecule has 0 aliphatic carbocycles. The third kappa shape index (κ3) is 6.35. The second-order valence-electron chi connectivity index (χ2n) is 9.58. The van der Waals surface area contributed by atoms with Crippen LogP contribution in [-0.2, 0) is 4.79 Å². The summed E-state index contributed by atoms with van der Waals surface area (Å²) < 4.78 is 32.6. The third-order valence-electron chi connectivity index (χ3n) is 6.62. The molecule has 4 aromatic carbocycles. The van der Waals surface area contributed by atoms with E-state index < -0.39 is 17.3 Å². The van der Waals surface area contributed by atoms with Gasteiger partial charge in [0.15, 0.2) is 23.9 Å². The molecule has 0 aliphatic rings. The Morgan fingerprint density at radius 3 is 2.64 bits per heavy atom. The molecule has 2 heterocycles. The standard InChI is InChI=1S/C32H20Br2ClFN4O5/c1-43-25-14-18(28(33)29(34)30(25)44-16-27(41)38-21-9-7-20(36)8-10-21)15-37-40-31(39-23-5-3-2-4-22(23)32(40)42)26-13-17-12-19(35)6-11-24(17)45-26/h2-15H,16H2,1H3,(H,38,41). The number of methoxy groups -OCH3 is 1. The van der Waals surface area contributed by atoms with Crippen LogP contribution in [0.25, 0.3) is 33.5 Å². The molecule has 0 unspecified atom stereocenters. The number of hydrogen-bond acceptors (Lipinski definition) is 7. The summed E-state index contributed by atoms with van der Waals surface area (Å²) in [4.78, 5) is 30.8. The molecule has 9 nitrogen and oxygen atoms in total. The number of hydrogen-bond donors (Lipinski definition) is 1. The summed E-state index contributed by atoms with van der Waals surface area (Å²) in [5.41, 5.74) is 1.60. The highest BCUT2D eigenvalue weighted by atomic mass is 79.9. The number of nitrogens with zero attached hydrogens (tertiary/aromatic N) is 3. The zero-order chi connectivity index (χ0) is 31.7. The van der Waals surface area contributed by atoms with Crippen LogP contribution < -0.4 is 20.3 Å². The molecule has 0 radical (unpaired) electrons. The fourth-order valence-electron chi connectivity index (χ4n) is 4.49. The molecule has 45 heavy (non-hydrogen) atoms. The highest BCUT2D eigenvalue weighted by Crippen LogP contribution is 2.42. The molecular weight excluding hydrogens is 735 g/mol. The topological polar surface area (TPSA) is 108 Å². The number of anilines is 1. The fourth-order valence-corrected chi connectivity index (χ4v) is 5.60. The minimum atomic E-state index is -0.458. The Hall–Kier alpha value is -4.52. The SMILES string of the molecule is COc1cc(C=Nn2c(-c3cc4cc(Cl)ccc4o3)nc3ccccc3c2=O)c(Br)c(Br)c1OCC(=O)Nc1ccc(F)cc1. The van der Waals surface area contributed by atoms with E-state index >= 15 is 0 Å². The first-order chi connectivity index (χ1) is 21.7. The number of aromatic nitrogens is 2. The first-order valence-corrected chi connectivity index (χ1v) is 15.2. The summed E-state index contributed by atoms with van der Waals surface area (Å²) in [6.45, 7) is -0.351. The monoisotopic (exact) mass is 752 g/mol. The van der Waals surface area contributed by atoms with E-state index in [0.29, 0.717) is 53.2 Å². The molecule has 6 aromatic rings. The molecule has 0 bridgehead atoms. The van der Waals surface area contributed by atoms with Gasteiger partial charge < -0.3 is 19.2 Å². The van der Waals surface area contributed by atoms with Gasteiger partial charge in [-0.3, -0.25) is 9.59 Å². The predicted octanol–water partition coefficient (Wildman–Crippen LogP) is 8.04. The molecule has 13 heteroatoms. The van der Waals surface area contributed by atoms with E-state index in [2.05, 4.69) is 42.3 Å². The van der Waals surface area contributed by atoms with Crippen LogP contribution in [0, 0.1) is 5.82 Å². The van der Waals surface area contributed by atoms with Crippen LogP contribution in [0.1, 0.15) is 5.56 Å². The van der Waals surface area contributed by atoms with Crippen LogP contribution in [0.3, 0.4) is 0 Å². The van der Waals surface area contributed by atoms with Crippen molar-refractivity contribution in [2.24, 2.45) is 5.10 Å². The minimum absolute atomic E-state index is 0.191. The second-order valence-corrected chi connectivity index (χ2v) is 11.6. The van der Waals surface area contributed by atoms with Crippen molar-refractivity contribution in [3.05, 3.63) is 115 Å². The highest BCUT2D eigenvalue weighted by molar-refractivity contribution is 9.13. The van der Waals surface area contributed by atoms with Crippen LogP contribution in [-0.4, -0.2) is 35.5 Å². The summed E-state index contributed by atoms with van der Waals surface area (Å²) in [5.74, 6) is 0.191. The number of halogens is 4. The fraction of sp³-hybridized carbons (Fsp3) is 0.0625. The lowest BCUT2D eigenvalue weighted by atomic mass is 10.2. The Morgan fingerprint density at radius 1 is 1.09 bits per heavy atom. The van der Waals surface area contributed by atoms with Crippen LogP contribution in [0.15, 0.2) is 102 Å². The Kier molecular flexibility index (Phi) is 8.70. The van der Waals surface area contributed by atoms with E-state index in [4.69, 9.17) is 30.5 Å². The van der Waals surface area contributed by atoms with Gasteiger partial charge in [0.05, 0.1) is 28.7 Å². The predicted molar refractivity (Wildman–Crippen MR) is 178 cm³/mol. The molecule has 1 amide bonds. The summed E-state index contributed by atoms with van der Waals surface area (Å²) in [6.07, 6.45) is 1.46. The van der Waals surface area contributed by atoms with Crippen LogP contribution in [0.5, 0.6) is 11.5 Å². The van der Waals surface area contributed by atoms with E-state index in [1.807, 2.05) is 0 Å². The van der Waals surface area contributed by atoms with Gasteiger partial charge in [-0.05, 0) is 98.6 Å². The molecular formula is C32H20Br2ClFN4O5. The lowest BCUT2D eigenvalue weighted by molar-refractivity contribution is -0.118. The maximum absolute atomic E-state index is 13.7. The number of fused-ring (bicyclic) bond motifs is 2. The number of nitrogens with one attached hydrogen (secondary N) is 1. The molecule has 0 saturated carbocycles. The van der Waals surface area contributed by atoms with Crippen molar-refractivity contribution in [3.63, 3.8) is 0 Å². The van der Waals surface area contributed by atoms with Crippen molar-refractivity contribution in [3.8, 4) is 23.1 Å². The number of amides is 1. The van der Waals surface area contributed by atoms with E-state index in [9.17, 15) is 14.0 Å². The average molecular weight is 755 g/mol. The number of carbonyl (C=O) groups excluding carboxylic acids is 1. The van der Waals surface area contributed by atoms with Crippen molar-refractivity contribution in [1.29, 1.82) is 0 Å². The Morgan fingerprint density at radius 2 is 1.87 bits per heavy atom. The largest absolute Gasteiger partial charge is 0.493 e. The van der Waals surface area contributed by atoms with Gasteiger partial charge in [0.1, 0.15) is 11.4 Å². The molecule has 2 aromatic heterocycles. The van der Waals surface area contributed by atoms with Crippen molar-refractivity contribution >= 4 is 83.1 Å². The Balaban J connectivity index is 1.34. The quantitative estimate of drug-likeness (QED) is 0.158. The van der Waals surface area contributed by atoms with Gasteiger partial charge in [0.25, 0.3) is 11.5 Å². The van der Waals surface area contributed by atoms with Gasteiger partial charge in [-0.2, -0.15) is 9.78 Å². The smallest absolute Gasteiger partial charge is 0.282 e. The number of ether oxygens (including phenoxy) is 2. The van der Waals surface area contributed by atoms with Crippen molar-refractivity contribution in [2.45, 2.75) is 0 Å². The molecule has 1 N–H and O–H groups in total. The summed E-state index contributed by atoms with van der Waals surface area (Å²) in [5, 5.41) is 8.81. The molecule has 0 aliphatic heterocycles. The molecule has 0 spiro atoms. The zero-order valence-electron chi connectivity index (χ0n) is 23.2. The maximum Gasteiger partial charge on any atom is 0.282 e. The second kappa shape index (κ2) is 12.8. The highest BCUT2D eigenvalue weighted by Gasteiger charge is 2.20. The van der Waals surface area contributed by atoms with Gasteiger partial charge in [0.2, 0.25) is 5.82 Å². The van der Waals surface area contributed by atoms with E-state index in [0.717, 1.165) is 5.39 Å². The number of carbonyl (C=O) groups is 1. The van der Waals surface area contributed by atoms with Gasteiger partial charge in [0, 0.05) is 26.1 Å². The molecule has 0 atom stereocenters. The first-order valence-electron chi connectivity index (χ1n) is 13.2. The van der Waals surface area contributed by atoms with Crippen molar-refractivity contribution in [2.75, 3.05) is 19.0 Å². The molecule has 6 rings (SSSR count).